The molecule has 1 fully saturated rings. The number of fused-ring (bicyclic) bond motifs is 2. The van der Waals surface area contributed by atoms with Crippen molar-refractivity contribution in [3.8, 4) is 33.9 Å². The van der Waals surface area contributed by atoms with E-state index in [1.165, 1.54) is 12.1 Å². The molecule has 5 aromatic heterocycles. The number of amides is 1. The number of H-pyrrole nitrogens is 2. The molecule has 0 spiro atoms. The Kier molecular flexibility index (Phi) is 4.78. The van der Waals surface area contributed by atoms with Crippen LogP contribution in [0, 0.1) is 11.7 Å². The number of aromatic amines is 2. The molecule has 0 radical (unpaired) electrons. The topological polar surface area (TPSA) is 125 Å². The van der Waals surface area contributed by atoms with Gasteiger partial charge in [0.2, 0.25) is 5.91 Å². The van der Waals surface area contributed by atoms with E-state index in [0.717, 1.165) is 40.6 Å². The molecular weight excluding hydrogens is 471 g/mol. The lowest BCUT2D eigenvalue weighted by atomic mass is 10.1. The molecule has 1 aliphatic rings. The summed E-state index contributed by atoms with van der Waals surface area (Å²) in [5.41, 5.74) is 7.08. The number of aromatic nitrogens is 7. The highest BCUT2D eigenvalue weighted by Gasteiger charge is 2.29. The molecule has 3 N–H and O–H groups in total. The van der Waals surface area contributed by atoms with Gasteiger partial charge in [0.25, 0.3) is 0 Å². The normalized spacial score (nSPS) is 13.3. The van der Waals surface area contributed by atoms with Crippen LogP contribution >= 0.6 is 0 Å². The minimum absolute atomic E-state index is 0.0267. The molecule has 7 rings (SSSR count). The molecule has 0 aliphatic heterocycles. The Morgan fingerprint density at radius 3 is 2.57 bits per heavy atom. The van der Waals surface area contributed by atoms with Gasteiger partial charge in [-0.15, -0.1) is 0 Å². The average molecular weight is 491 g/mol. The lowest BCUT2D eigenvalue weighted by Crippen LogP contribution is -2.13. The second kappa shape index (κ2) is 8.30. The molecule has 6 aromatic rings. The van der Waals surface area contributed by atoms with Crippen molar-refractivity contribution < 1.29 is 9.18 Å². The molecule has 9 nitrogen and oxygen atoms in total. The van der Waals surface area contributed by atoms with Crippen molar-refractivity contribution in [2.24, 2.45) is 5.92 Å². The van der Waals surface area contributed by atoms with Gasteiger partial charge in [-0.3, -0.25) is 19.9 Å². The maximum Gasteiger partial charge on any atom is 0.227 e. The standard InChI is InChI=1S/C27H19FN8O/c28-17-5-3-14(4-6-17)19-12-30-13-22-23(19)34-26(33-22)25-24-21(35-36-25)8-7-20(32-24)16-9-18(11-29-10-16)31-27(37)15-1-2-15/h3-13,15H,1-2H2,(H,31,37)(H,33,34)(H,35,36). The Hall–Kier alpha value is -4.99. The number of nitrogens with one attached hydrogen (secondary N) is 3. The van der Waals surface area contributed by atoms with E-state index in [2.05, 4.69) is 30.5 Å². The van der Waals surface area contributed by atoms with Crippen molar-refractivity contribution in [1.29, 1.82) is 0 Å². The zero-order chi connectivity index (χ0) is 24.9. The molecule has 1 aromatic carbocycles. The third-order valence-corrected chi connectivity index (χ3v) is 6.43. The first-order chi connectivity index (χ1) is 18.1. The van der Waals surface area contributed by atoms with Gasteiger partial charge in [-0.25, -0.2) is 14.4 Å². The third-order valence-electron chi connectivity index (χ3n) is 6.43. The number of hydrogen-bond acceptors (Lipinski definition) is 6. The van der Waals surface area contributed by atoms with Crippen LogP contribution in [0.15, 0.2) is 67.3 Å². The minimum atomic E-state index is -0.303. The van der Waals surface area contributed by atoms with Crippen LogP contribution in [-0.4, -0.2) is 41.0 Å². The number of pyridine rings is 3. The van der Waals surface area contributed by atoms with Gasteiger partial charge in [0.05, 0.1) is 40.3 Å². The fraction of sp³-hybridized carbons (Fsp3) is 0.111. The maximum absolute atomic E-state index is 13.4. The largest absolute Gasteiger partial charge is 0.335 e. The van der Waals surface area contributed by atoms with Crippen LogP contribution in [0.25, 0.3) is 56.0 Å². The van der Waals surface area contributed by atoms with E-state index in [9.17, 15) is 9.18 Å². The first kappa shape index (κ1) is 21.3. The Morgan fingerprint density at radius 1 is 0.892 bits per heavy atom. The van der Waals surface area contributed by atoms with E-state index < -0.39 is 0 Å². The van der Waals surface area contributed by atoms with Gasteiger partial charge >= 0.3 is 0 Å². The zero-order valence-electron chi connectivity index (χ0n) is 19.4. The molecule has 0 saturated heterocycles. The number of imidazole rings is 1. The molecule has 0 unspecified atom stereocenters. The fourth-order valence-corrected chi connectivity index (χ4v) is 4.35. The predicted molar refractivity (Wildman–Crippen MR) is 137 cm³/mol. The highest BCUT2D eigenvalue weighted by atomic mass is 19.1. The summed E-state index contributed by atoms with van der Waals surface area (Å²) in [6.07, 6.45) is 8.61. The molecule has 0 bridgehead atoms. The van der Waals surface area contributed by atoms with Crippen LogP contribution in [0.5, 0.6) is 0 Å². The van der Waals surface area contributed by atoms with Crippen molar-refractivity contribution in [2.75, 3.05) is 5.32 Å². The second-order valence-electron chi connectivity index (χ2n) is 9.07. The van der Waals surface area contributed by atoms with Gasteiger partial charge in [-0.05, 0) is 48.7 Å². The maximum atomic E-state index is 13.4. The molecule has 10 heteroatoms. The Bertz CT molecular complexity index is 1800. The van der Waals surface area contributed by atoms with E-state index >= 15 is 0 Å². The van der Waals surface area contributed by atoms with Crippen LogP contribution < -0.4 is 5.32 Å². The number of hydrogen-bond donors (Lipinski definition) is 3. The lowest BCUT2D eigenvalue weighted by Gasteiger charge is -2.06. The summed E-state index contributed by atoms with van der Waals surface area (Å²) in [5, 5.41) is 10.4. The van der Waals surface area contributed by atoms with Crippen LogP contribution in [0.4, 0.5) is 10.1 Å². The number of halogens is 1. The van der Waals surface area contributed by atoms with Gasteiger partial charge in [-0.2, -0.15) is 5.10 Å². The highest BCUT2D eigenvalue weighted by molar-refractivity contribution is 5.96. The summed E-state index contributed by atoms with van der Waals surface area (Å²) in [7, 11) is 0. The predicted octanol–water partition coefficient (Wildman–Crippen LogP) is 5.11. The molecule has 1 aliphatic carbocycles. The fourth-order valence-electron chi connectivity index (χ4n) is 4.35. The van der Waals surface area contributed by atoms with Crippen molar-refractivity contribution in [1.82, 2.24) is 35.1 Å². The third kappa shape index (κ3) is 3.88. The smallest absolute Gasteiger partial charge is 0.227 e. The summed E-state index contributed by atoms with van der Waals surface area (Å²) in [6.45, 7) is 0. The first-order valence-electron chi connectivity index (χ1n) is 11.8. The summed E-state index contributed by atoms with van der Waals surface area (Å²) in [6, 6.07) is 11.9. The summed E-state index contributed by atoms with van der Waals surface area (Å²) in [5.74, 6) is 0.362. The molecule has 1 saturated carbocycles. The lowest BCUT2D eigenvalue weighted by molar-refractivity contribution is -0.117. The number of rotatable bonds is 5. The number of carbonyl (C=O) groups excluding carboxylic acids is 1. The van der Waals surface area contributed by atoms with E-state index in [0.29, 0.717) is 33.9 Å². The van der Waals surface area contributed by atoms with Crippen LogP contribution in [-0.2, 0) is 4.79 Å². The number of nitrogens with zero attached hydrogens (tertiary/aromatic N) is 5. The van der Waals surface area contributed by atoms with Crippen molar-refractivity contribution in [3.63, 3.8) is 0 Å². The molecule has 0 atom stereocenters. The van der Waals surface area contributed by atoms with Gasteiger partial charge in [0, 0.05) is 29.4 Å². The Balaban J connectivity index is 1.28. The quantitative estimate of drug-likeness (QED) is 0.308. The van der Waals surface area contributed by atoms with Crippen LogP contribution in [0.2, 0.25) is 0 Å². The van der Waals surface area contributed by atoms with E-state index in [1.807, 2.05) is 18.2 Å². The van der Waals surface area contributed by atoms with E-state index in [1.54, 1.807) is 36.9 Å². The summed E-state index contributed by atoms with van der Waals surface area (Å²) in [4.78, 5) is 33.7. The number of benzene rings is 1. The number of anilines is 1. The summed E-state index contributed by atoms with van der Waals surface area (Å²) < 4.78 is 13.4. The van der Waals surface area contributed by atoms with Crippen molar-refractivity contribution >= 4 is 33.7 Å². The van der Waals surface area contributed by atoms with Crippen molar-refractivity contribution in [3.05, 3.63) is 73.1 Å². The van der Waals surface area contributed by atoms with Crippen LogP contribution in [0.3, 0.4) is 0 Å². The van der Waals surface area contributed by atoms with Gasteiger partial charge < -0.3 is 10.3 Å². The highest BCUT2D eigenvalue weighted by Crippen LogP contribution is 2.32. The second-order valence-corrected chi connectivity index (χ2v) is 9.07. The van der Waals surface area contributed by atoms with Gasteiger partial charge in [0.1, 0.15) is 11.3 Å². The monoisotopic (exact) mass is 490 g/mol. The molecule has 37 heavy (non-hydrogen) atoms. The molecule has 1 amide bonds. The SMILES string of the molecule is O=C(Nc1cncc(-c2ccc3[nH]nc(-c4nc5c(-c6ccc(F)cc6)cncc5[nH]4)c3n2)c1)C1CC1. The Labute approximate surface area is 209 Å². The van der Waals surface area contributed by atoms with Crippen LogP contribution in [0.1, 0.15) is 12.8 Å². The average Bonchev–Trinajstić information content (AvgIpc) is 3.55. The Morgan fingerprint density at radius 2 is 1.73 bits per heavy atom. The minimum Gasteiger partial charge on any atom is -0.335 e. The molecule has 180 valence electrons. The molecule has 5 heterocycles. The van der Waals surface area contributed by atoms with Crippen molar-refractivity contribution in [2.45, 2.75) is 12.8 Å². The van der Waals surface area contributed by atoms with Gasteiger partial charge in [-0.1, -0.05) is 12.1 Å². The first-order valence-corrected chi connectivity index (χ1v) is 11.8. The summed E-state index contributed by atoms with van der Waals surface area (Å²) >= 11 is 0. The molecular formula is C27H19FN8O. The number of carbonyl (C=O) groups is 1. The van der Waals surface area contributed by atoms with Gasteiger partial charge in [0.15, 0.2) is 11.5 Å². The zero-order valence-corrected chi connectivity index (χ0v) is 19.4. The van der Waals surface area contributed by atoms with E-state index in [-0.39, 0.29) is 17.6 Å². The van der Waals surface area contributed by atoms with E-state index in [4.69, 9.17) is 9.97 Å².